The zero-order valence-electron chi connectivity index (χ0n) is 13.3. The smallest absolute Gasteiger partial charge is 0.0374 e. The van der Waals surface area contributed by atoms with Gasteiger partial charge in [0, 0.05) is 11.4 Å². The third kappa shape index (κ3) is 3.16. The van der Waals surface area contributed by atoms with Crippen molar-refractivity contribution in [1.82, 2.24) is 10.9 Å². The van der Waals surface area contributed by atoms with Crippen LogP contribution in [0.5, 0.6) is 0 Å². The standard InChI is InChI=1S/C17H30N2/c1-11(2)14-7-6-8-16-15(10-9-14)13(5)18-19-17(16)12(3)4/h11-12,14,18-19H,6-10H2,1-5H3. The van der Waals surface area contributed by atoms with E-state index in [4.69, 9.17) is 0 Å². The maximum Gasteiger partial charge on any atom is 0.0374 e. The second-order valence-corrected chi connectivity index (χ2v) is 6.84. The first-order valence-corrected chi connectivity index (χ1v) is 7.96. The fourth-order valence-corrected chi connectivity index (χ4v) is 3.50. The molecular formula is C17H30N2. The van der Waals surface area contributed by atoms with Gasteiger partial charge in [0.1, 0.15) is 0 Å². The van der Waals surface area contributed by atoms with Crippen LogP contribution in [0.15, 0.2) is 22.5 Å². The van der Waals surface area contributed by atoms with Crippen molar-refractivity contribution in [2.75, 3.05) is 0 Å². The third-order valence-corrected chi connectivity index (χ3v) is 4.81. The van der Waals surface area contributed by atoms with Crippen LogP contribution in [0.3, 0.4) is 0 Å². The van der Waals surface area contributed by atoms with Gasteiger partial charge in [0.15, 0.2) is 0 Å². The largest absolute Gasteiger partial charge is 0.305 e. The van der Waals surface area contributed by atoms with Crippen LogP contribution in [0.1, 0.15) is 66.7 Å². The summed E-state index contributed by atoms with van der Waals surface area (Å²) >= 11 is 0. The van der Waals surface area contributed by atoms with Gasteiger partial charge >= 0.3 is 0 Å². The first-order chi connectivity index (χ1) is 9.00. The summed E-state index contributed by atoms with van der Waals surface area (Å²) in [5, 5.41) is 0. The highest BCUT2D eigenvalue weighted by atomic mass is 15.4. The molecule has 0 bridgehead atoms. The predicted molar refractivity (Wildman–Crippen MR) is 82.2 cm³/mol. The van der Waals surface area contributed by atoms with Gasteiger partial charge in [0.05, 0.1) is 0 Å². The van der Waals surface area contributed by atoms with Crippen LogP contribution in [0, 0.1) is 17.8 Å². The Balaban J connectivity index is 2.25. The normalized spacial score (nSPS) is 24.9. The van der Waals surface area contributed by atoms with E-state index in [0.717, 1.165) is 11.8 Å². The fourth-order valence-electron chi connectivity index (χ4n) is 3.50. The van der Waals surface area contributed by atoms with Crippen LogP contribution in [-0.4, -0.2) is 0 Å². The molecule has 108 valence electrons. The lowest BCUT2D eigenvalue weighted by molar-refractivity contribution is 0.320. The topological polar surface area (TPSA) is 24.1 Å². The number of fused-ring (bicyclic) bond motifs is 1. The van der Waals surface area contributed by atoms with E-state index in [1.165, 1.54) is 43.5 Å². The summed E-state index contributed by atoms with van der Waals surface area (Å²) in [5.41, 5.74) is 12.8. The Morgan fingerprint density at radius 3 is 2.32 bits per heavy atom. The van der Waals surface area contributed by atoms with Crippen molar-refractivity contribution in [1.29, 1.82) is 0 Å². The van der Waals surface area contributed by atoms with E-state index in [1.54, 1.807) is 11.1 Å². The molecule has 1 heterocycles. The van der Waals surface area contributed by atoms with E-state index in [0.29, 0.717) is 5.92 Å². The van der Waals surface area contributed by atoms with Gasteiger partial charge in [-0.25, -0.2) is 0 Å². The van der Waals surface area contributed by atoms with Gasteiger partial charge in [-0.1, -0.05) is 27.7 Å². The molecule has 0 radical (unpaired) electrons. The lowest BCUT2D eigenvalue weighted by Crippen LogP contribution is -2.37. The molecule has 0 aromatic carbocycles. The number of hydrogen-bond acceptors (Lipinski definition) is 2. The molecule has 0 amide bonds. The summed E-state index contributed by atoms with van der Waals surface area (Å²) in [5.74, 6) is 2.30. The molecule has 2 aliphatic rings. The maximum atomic E-state index is 3.42. The average molecular weight is 262 g/mol. The Labute approximate surface area is 118 Å². The molecule has 1 saturated carbocycles. The second-order valence-electron chi connectivity index (χ2n) is 6.84. The van der Waals surface area contributed by atoms with Crippen molar-refractivity contribution in [3.05, 3.63) is 22.5 Å². The molecule has 1 aliphatic heterocycles. The van der Waals surface area contributed by atoms with E-state index < -0.39 is 0 Å². The summed E-state index contributed by atoms with van der Waals surface area (Å²) in [4.78, 5) is 0. The Morgan fingerprint density at radius 1 is 0.947 bits per heavy atom. The van der Waals surface area contributed by atoms with E-state index in [-0.39, 0.29) is 0 Å². The predicted octanol–water partition coefficient (Wildman–Crippen LogP) is 4.51. The molecule has 1 atom stereocenters. The van der Waals surface area contributed by atoms with Crippen molar-refractivity contribution in [2.24, 2.45) is 17.8 Å². The summed E-state index contributed by atoms with van der Waals surface area (Å²) in [6.07, 6.45) is 6.58. The lowest BCUT2D eigenvalue weighted by Gasteiger charge is -2.33. The summed E-state index contributed by atoms with van der Waals surface area (Å²) < 4.78 is 0. The van der Waals surface area contributed by atoms with E-state index >= 15 is 0 Å². The number of allylic oxidation sites excluding steroid dienone is 4. The molecule has 0 saturated heterocycles. The fraction of sp³-hybridized carbons (Fsp3) is 0.765. The molecule has 19 heavy (non-hydrogen) atoms. The molecule has 2 nitrogen and oxygen atoms in total. The van der Waals surface area contributed by atoms with Gasteiger partial charge in [-0.15, -0.1) is 0 Å². The van der Waals surface area contributed by atoms with Gasteiger partial charge in [-0.2, -0.15) is 0 Å². The second kappa shape index (κ2) is 6.02. The van der Waals surface area contributed by atoms with Gasteiger partial charge in [-0.05, 0) is 67.9 Å². The van der Waals surface area contributed by atoms with E-state index in [2.05, 4.69) is 45.5 Å². The van der Waals surface area contributed by atoms with Crippen molar-refractivity contribution in [3.63, 3.8) is 0 Å². The minimum atomic E-state index is 0.575. The van der Waals surface area contributed by atoms with Gasteiger partial charge in [0.25, 0.3) is 0 Å². The Kier molecular flexibility index (Phi) is 4.59. The first kappa shape index (κ1) is 14.5. The molecule has 1 unspecified atom stereocenters. The number of hydrogen-bond donors (Lipinski definition) is 2. The summed E-state index contributed by atoms with van der Waals surface area (Å²) in [6, 6.07) is 0. The SMILES string of the molecule is CC1=C2CCC(C(C)C)CCCC2=C(C(C)C)NN1. The lowest BCUT2D eigenvalue weighted by atomic mass is 9.78. The van der Waals surface area contributed by atoms with Gasteiger partial charge in [0.2, 0.25) is 0 Å². The highest BCUT2D eigenvalue weighted by molar-refractivity contribution is 5.41. The molecular weight excluding hydrogens is 232 g/mol. The van der Waals surface area contributed by atoms with Crippen LogP contribution in [0.2, 0.25) is 0 Å². The molecule has 0 spiro atoms. The summed E-state index contributed by atoms with van der Waals surface area (Å²) in [6.45, 7) is 11.5. The Hall–Kier alpha value is -0.920. The molecule has 1 fully saturated rings. The van der Waals surface area contributed by atoms with Crippen LogP contribution in [0.4, 0.5) is 0 Å². The monoisotopic (exact) mass is 262 g/mol. The van der Waals surface area contributed by atoms with Crippen LogP contribution >= 0.6 is 0 Å². The van der Waals surface area contributed by atoms with Crippen molar-refractivity contribution >= 4 is 0 Å². The average Bonchev–Trinajstić information content (AvgIpc) is 2.29. The van der Waals surface area contributed by atoms with Crippen molar-refractivity contribution < 1.29 is 0 Å². The van der Waals surface area contributed by atoms with Crippen molar-refractivity contribution in [3.8, 4) is 0 Å². The molecule has 0 aromatic heterocycles. The van der Waals surface area contributed by atoms with E-state index in [1.807, 2.05) is 0 Å². The number of rotatable bonds is 2. The zero-order valence-corrected chi connectivity index (χ0v) is 13.3. The maximum absolute atomic E-state index is 3.42. The first-order valence-electron chi connectivity index (χ1n) is 7.96. The van der Waals surface area contributed by atoms with E-state index in [9.17, 15) is 0 Å². The quantitative estimate of drug-likeness (QED) is 0.765. The number of nitrogens with one attached hydrogen (secondary N) is 2. The van der Waals surface area contributed by atoms with Gasteiger partial charge in [-0.3, -0.25) is 0 Å². The van der Waals surface area contributed by atoms with Crippen LogP contribution in [0.25, 0.3) is 0 Å². The number of hydrazine groups is 1. The third-order valence-electron chi connectivity index (χ3n) is 4.81. The Morgan fingerprint density at radius 2 is 1.68 bits per heavy atom. The highest BCUT2D eigenvalue weighted by Crippen LogP contribution is 2.37. The molecule has 2 rings (SSSR count). The van der Waals surface area contributed by atoms with Gasteiger partial charge < -0.3 is 10.9 Å². The minimum Gasteiger partial charge on any atom is -0.305 e. The highest BCUT2D eigenvalue weighted by Gasteiger charge is 2.25. The molecule has 2 N–H and O–H groups in total. The van der Waals surface area contributed by atoms with Crippen LogP contribution in [-0.2, 0) is 0 Å². The molecule has 2 heteroatoms. The van der Waals surface area contributed by atoms with Crippen LogP contribution < -0.4 is 10.9 Å². The zero-order chi connectivity index (χ0) is 14.0. The summed E-state index contributed by atoms with van der Waals surface area (Å²) in [7, 11) is 0. The minimum absolute atomic E-state index is 0.575. The molecule has 1 aliphatic carbocycles. The molecule has 0 aromatic rings. The van der Waals surface area contributed by atoms with Crippen molar-refractivity contribution in [2.45, 2.75) is 66.7 Å². The Bertz CT molecular complexity index is 388.